The first-order valence-electron chi connectivity index (χ1n) is 6.96. The minimum absolute atomic E-state index is 0.0181. The van der Waals surface area contributed by atoms with Crippen molar-refractivity contribution in [3.8, 4) is 17.2 Å². The summed E-state index contributed by atoms with van der Waals surface area (Å²) in [6.07, 6.45) is 0. The molecule has 3 rings (SSSR count). The van der Waals surface area contributed by atoms with Gasteiger partial charge in [0.05, 0.1) is 38.0 Å². The number of rotatable bonds is 4. The quantitative estimate of drug-likeness (QED) is 0.913. The van der Waals surface area contributed by atoms with Crippen molar-refractivity contribution in [2.24, 2.45) is 0 Å². The lowest BCUT2D eigenvalue weighted by atomic mass is 10.1. The van der Waals surface area contributed by atoms with Crippen LogP contribution in [0.5, 0.6) is 17.2 Å². The molecule has 5 nitrogen and oxygen atoms in total. The molecule has 0 unspecified atom stereocenters. The van der Waals surface area contributed by atoms with Crippen LogP contribution in [0.25, 0.3) is 0 Å². The average Bonchev–Trinajstić information content (AvgIpc) is 2.95. The molecule has 7 heteroatoms. The first kappa shape index (κ1) is 16.0. The molecule has 1 amide bonds. The number of benzene rings is 1. The normalized spacial score (nSPS) is 17.0. The minimum Gasteiger partial charge on any atom is -0.493 e. The maximum atomic E-state index is 11.9. The van der Waals surface area contributed by atoms with Crippen molar-refractivity contribution in [3.63, 3.8) is 0 Å². The van der Waals surface area contributed by atoms with Crippen LogP contribution in [0.15, 0.2) is 23.6 Å². The SMILES string of the molecule is COc1cc([C@@H]2SCC(=O)Nc3ccsc32)cc(OC)c1OC. The maximum Gasteiger partial charge on any atom is 0.234 e. The lowest BCUT2D eigenvalue weighted by molar-refractivity contribution is -0.113. The van der Waals surface area contributed by atoms with Gasteiger partial charge >= 0.3 is 0 Å². The van der Waals surface area contributed by atoms with E-state index < -0.39 is 0 Å². The van der Waals surface area contributed by atoms with Crippen molar-refractivity contribution in [2.75, 3.05) is 32.4 Å². The molecule has 1 aliphatic heterocycles. The molecule has 0 bridgehead atoms. The van der Waals surface area contributed by atoms with Crippen LogP contribution in [0.3, 0.4) is 0 Å². The fourth-order valence-corrected chi connectivity index (χ4v) is 4.77. The number of carbonyl (C=O) groups is 1. The number of hydrogen-bond acceptors (Lipinski definition) is 6. The highest BCUT2D eigenvalue weighted by Gasteiger charge is 2.27. The molecule has 1 N–H and O–H groups in total. The molecule has 122 valence electrons. The summed E-state index contributed by atoms with van der Waals surface area (Å²) in [5, 5.41) is 4.97. The van der Waals surface area contributed by atoms with Crippen LogP contribution < -0.4 is 19.5 Å². The molecule has 23 heavy (non-hydrogen) atoms. The summed E-state index contributed by atoms with van der Waals surface area (Å²) in [5.41, 5.74) is 1.90. The molecule has 1 aromatic heterocycles. The Kier molecular flexibility index (Phi) is 4.68. The number of thiophene rings is 1. The zero-order chi connectivity index (χ0) is 16.4. The van der Waals surface area contributed by atoms with Crippen molar-refractivity contribution in [2.45, 2.75) is 5.25 Å². The summed E-state index contributed by atoms with van der Waals surface area (Å²) in [6.45, 7) is 0. The molecule has 0 radical (unpaired) electrons. The number of amides is 1. The third kappa shape index (κ3) is 2.98. The summed E-state index contributed by atoms with van der Waals surface area (Å²) in [4.78, 5) is 13.0. The van der Waals surface area contributed by atoms with Gasteiger partial charge in [-0.2, -0.15) is 0 Å². The van der Waals surface area contributed by atoms with E-state index in [1.165, 1.54) is 0 Å². The largest absolute Gasteiger partial charge is 0.493 e. The van der Waals surface area contributed by atoms with Gasteiger partial charge < -0.3 is 19.5 Å². The Hall–Kier alpha value is -1.86. The standard InChI is InChI=1S/C16H17NO4S2/c1-19-11-6-9(7-12(20-2)14(11)21-3)15-16-10(4-5-22-16)17-13(18)8-23-15/h4-7,15H,8H2,1-3H3,(H,17,18)/t15-/m0/s1. The second-order valence-electron chi connectivity index (χ2n) is 4.90. The number of hydrogen-bond donors (Lipinski definition) is 1. The van der Waals surface area contributed by atoms with Gasteiger partial charge in [0.2, 0.25) is 11.7 Å². The van der Waals surface area contributed by atoms with E-state index in [2.05, 4.69) is 5.32 Å². The zero-order valence-corrected chi connectivity index (χ0v) is 14.7. The fourth-order valence-electron chi connectivity index (χ4n) is 2.55. The molecule has 1 aliphatic rings. The number of methoxy groups -OCH3 is 3. The van der Waals surface area contributed by atoms with E-state index in [-0.39, 0.29) is 11.2 Å². The lowest BCUT2D eigenvalue weighted by Gasteiger charge is -2.18. The first-order chi connectivity index (χ1) is 11.2. The highest BCUT2D eigenvalue weighted by molar-refractivity contribution is 8.00. The minimum atomic E-state index is 0.0181. The van der Waals surface area contributed by atoms with E-state index in [0.717, 1.165) is 16.1 Å². The molecule has 2 heterocycles. The first-order valence-corrected chi connectivity index (χ1v) is 8.89. The molecule has 0 saturated heterocycles. The van der Waals surface area contributed by atoms with Crippen molar-refractivity contribution in [1.29, 1.82) is 0 Å². The number of ether oxygens (including phenoxy) is 3. The van der Waals surface area contributed by atoms with Crippen LogP contribution >= 0.6 is 23.1 Å². The number of thioether (sulfide) groups is 1. The molecule has 0 fully saturated rings. The van der Waals surface area contributed by atoms with Gasteiger partial charge in [0.25, 0.3) is 0 Å². The molecule has 0 saturated carbocycles. The van der Waals surface area contributed by atoms with E-state index in [1.54, 1.807) is 44.4 Å². The highest BCUT2D eigenvalue weighted by atomic mass is 32.2. The Labute approximate surface area is 142 Å². The molecule has 2 aromatic rings. The van der Waals surface area contributed by atoms with E-state index in [4.69, 9.17) is 14.2 Å². The van der Waals surface area contributed by atoms with Crippen molar-refractivity contribution < 1.29 is 19.0 Å². The van der Waals surface area contributed by atoms with Crippen LogP contribution in [0, 0.1) is 0 Å². The predicted molar refractivity (Wildman–Crippen MR) is 93.3 cm³/mol. The topological polar surface area (TPSA) is 56.8 Å². The Morgan fingerprint density at radius 3 is 2.43 bits per heavy atom. The zero-order valence-electron chi connectivity index (χ0n) is 13.0. The fraction of sp³-hybridized carbons (Fsp3) is 0.312. The van der Waals surface area contributed by atoms with Gasteiger partial charge in [-0.05, 0) is 29.1 Å². The number of fused-ring (bicyclic) bond motifs is 1. The number of carbonyl (C=O) groups excluding carboxylic acids is 1. The van der Waals surface area contributed by atoms with Gasteiger partial charge in [0, 0.05) is 4.88 Å². The third-order valence-corrected chi connectivity index (χ3v) is 5.98. The van der Waals surface area contributed by atoms with Gasteiger partial charge in [0.1, 0.15) is 0 Å². The summed E-state index contributed by atoms with van der Waals surface area (Å²) >= 11 is 3.22. The van der Waals surface area contributed by atoms with E-state index >= 15 is 0 Å². The summed E-state index contributed by atoms with van der Waals surface area (Å²) in [7, 11) is 4.78. The second kappa shape index (κ2) is 6.72. The van der Waals surface area contributed by atoms with Crippen molar-refractivity contribution >= 4 is 34.7 Å². The summed E-state index contributed by atoms with van der Waals surface area (Å²) in [6, 6.07) is 5.82. The lowest BCUT2D eigenvalue weighted by Crippen LogP contribution is -2.11. The van der Waals surface area contributed by atoms with Gasteiger partial charge in [-0.15, -0.1) is 23.1 Å². The summed E-state index contributed by atoms with van der Waals surface area (Å²) in [5.74, 6) is 2.22. The van der Waals surface area contributed by atoms with Gasteiger partial charge in [0.15, 0.2) is 11.5 Å². The van der Waals surface area contributed by atoms with Gasteiger partial charge in [-0.3, -0.25) is 4.79 Å². The molecular weight excluding hydrogens is 334 g/mol. The van der Waals surface area contributed by atoms with E-state index in [1.807, 2.05) is 23.6 Å². The van der Waals surface area contributed by atoms with Gasteiger partial charge in [-0.1, -0.05) is 0 Å². The number of anilines is 1. The van der Waals surface area contributed by atoms with Gasteiger partial charge in [-0.25, -0.2) is 0 Å². The third-order valence-electron chi connectivity index (χ3n) is 3.58. The maximum absolute atomic E-state index is 11.9. The smallest absolute Gasteiger partial charge is 0.234 e. The number of nitrogens with one attached hydrogen (secondary N) is 1. The molecule has 1 aromatic carbocycles. The van der Waals surface area contributed by atoms with Crippen molar-refractivity contribution in [3.05, 3.63) is 34.0 Å². The molecule has 1 atom stereocenters. The molecular formula is C16H17NO4S2. The van der Waals surface area contributed by atoms with Crippen LogP contribution in [0.2, 0.25) is 0 Å². The van der Waals surface area contributed by atoms with E-state index in [9.17, 15) is 4.79 Å². The van der Waals surface area contributed by atoms with Crippen LogP contribution in [-0.4, -0.2) is 33.0 Å². The van der Waals surface area contributed by atoms with Crippen LogP contribution in [0.1, 0.15) is 15.7 Å². The Morgan fingerprint density at radius 2 is 1.83 bits per heavy atom. The monoisotopic (exact) mass is 351 g/mol. The Bertz CT molecular complexity index is 704. The van der Waals surface area contributed by atoms with E-state index in [0.29, 0.717) is 23.0 Å². The highest BCUT2D eigenvalue weighted by Crippen LogP contribution is 2.48. The summed E-state index contributed by atoms with van der Waals surface area (Å²) < 4.78 is 16.3. The molecule has 0 aliphatic carbocycles. The second-order valence-corrected chi connectivity index (χ2v) is 6.94. The predicted octanol–water partition coefficient (Wildman–Crippen LogP) is 3.55. The Morgan fingerprint density at radius 1 is 1.13 bits per heavy atom. The van der Waals surface area contributed by atoms with Crippen LogP contribution in [-0.2, 0) is 4.79 Å². The average molecular weight is 351 g/mol. The van der Waals surface area contributed by atoms with Crippen molar-refractivity contribution in [1.82, 2.24) is 0 Å². The Balaban J connectivity index is 2.10. The molecule has 0 spiro atoms. The van der Waals surface area contributed by atoms with Crippen LogP contribution in [0.4, 0.5) is 5.69 Å².